The molecule has 2 heterocycles. The summed E-state index contributed by atoms with van der Waals surface area (Å²) in [7, 11) is 4.20. The van der Waals surface area contributed by atoms with E-state index in [1.165, 1.54) is 105 Å². The molecule has 1 atom stereocenters. The number of hydrogen-bond acceptors (Lipinski definition) is 2. The van der Waals surface area contributed by atoms with Gasteiger partial charge in [0.2, 0.25) is 0 Å². The van der Waals surface area contributed by atoms with Crippen molar-refractivity contribution in [1.82, 2.24) is 14.5 Å². The summed E-state index contributed by atoms with van der Waals surface area (Å²) in [5.41, 5.74) is 21.1. The first kappa shape index (κ1) is 81.1. The van der Waals surface area contributed by atoms with Crippen LogP contribution < -0.4 is 10.2 Å². The van der Waals surface area contributed by atoms with E-state index < -0.39 is 0 Å². The van der Waals surface area contributed by atoms with E-state index in [-0.39, 0.29) is 10.8 Å². The third-order valence-electron chi connectivity index (χ3n) is 15.7. The molecule has 4 heteroatoms. The molecule has 482 valence electrons. The second-order valence-corrected chi connectivity index (χ2v) is 19.4. The van der Waals surface area contributed by atoms with E-state index >= 15 is 0 Å². The number of fused-ring (bicyclic) bond motifs is 12. The van der Waals surface area contributed by atoms with Crippen LogP contribution in [0.1, 0.15) is 226 Å². The number of benzene rings is 8. The predicted molar refractivity (Wildman–Crippen MR) is 406 cm³/mol. The van der Waals surface area contributed by atoms with Gasteiger partial charge in [-0.1, -0.05) is 294 Å². The fourth-order valence-electron chi connectivity index (χ4n) is 11.8. The van der Waals surface area contributed by atoms with E-state index in [0.29, 0.717) is 0 Å². The van der Waals surface area contributed by atoms with Gasteiger partial charge in [-0.3, -0.25) is 0 Å². The Morgan fingerprint density at radius 3 is 1.03 bits per heavy atom. The second-order valence-electron chi connectivity index (χ2n) is 19.4. The molecule has 2 aromatic heterocycles. The normalized spacial score (nSPS) is 12.3. The smallest absolute Gasteiger partial charge is 0.0491 e. The van der Waals surface area contributed by atoms with Gasteiger partial charge in [0.05, 0.1) is 0 Å². The van der Waals surface area contributed by atoms with E-state index in [2.05, 4.69) is 244 Å². The number of nitrogens with zero attached hydrogens (tertiary/aromatic N) is 3. The number of anilines is 1. The van der Waals surface area contributed by atoms with Crippen LogP contribution in [0.5, 0.6) is 0 Å². The van der Waals surface area contributed by atoms with Crippen LogP contribution in [0.15, 0.2) is 176 Å². The molecular formula is C84H126N4. The average Bonchev–Trinajstić information content (AvgIpc) is 3.23. The van der Waals surface area contributed by atoms with E-state index in [1.54, 1.807) is 0 Å². The van der Waals surface area contributed by atoms with Crippen LogP contribution in [-0.2, 0) is 37.0 Å². The van der Waals surface area contributed by atoms with Crippen LogP contribution in [0.3, 0.4) is 0 Å². The Kier molecular flexibility index (Phi) is 40.3. The Hall–Kier alpha value is -6.88. The summed E-state index contributed by atoms with van der Waals surface area (Å²) >= 11 is 0. The maximum absolute atomic E-state index is 3.21. The first-order valence-electron chi connectivity index (χ1n) is 35.0. The van der Waals surface area contributed by atoms with Crippen LogP contribution in [0, 0.1) is 0 Å². The average molecular weight is 1190 g/mol. The summed E-state index contributed by atoms with van der Waals surface area (Å²) in [6.07, 6.45) is 2.25. The Labute approximate surface area is 541 Å². The van der Waals surface area contributed by atoms with E-state index in [9.17, 15) is 0 Å². The van der Waals surface area contributed by atoms with Crippen molar-refractivity contribution in [2.75, 3.05) is 19.0 Å². The van der Waals surface area contributed by atoms with Gasteiger partial charge in [0.15, 0.2) is 0 Å². The molecule has 0 saturated heterocycles. The van der Waals surface area contributed by atoms with Gasteiger partial charge in [0, 0.05) is 93.4 Å². The third kappa shape index (κ3) is 17.9. The Morgan fingerprint density at radius 1 is 0.341 bits per heavy atom. The molecule has 0 spiro atoms. The molecule has 4 nitrogen and oxygen atoms in total. The Balaban J connectivity index is 0.00000120. The fourth-order valence-corrected chi connectivity index (χ4v) is 11.8. The maximum atomic E-state index is 3.21. The van der Waals surface area contributed by atoms with Crippen molar-refractivity contribution in [3.63, 3.8) is 0 Å². The molecule has 12 rings (SSSR count). The third-order valence-corrected chi connectivity index (χ3v) is 15.7. The van der Waals surface area contributed by atoms with Crippen molar-refractivity contribution in [1.29, 1.82) is 0 Å². The lowest BCUT2D eigenvalue weighted by Gasteiger charge is -2.27. The summed E-state index contributed by atoms with van der Waals surface area (Å²) in [5, 5.41) is 8.62. The minimum atomic E-state index is 0.0731. The van der Waals surface area contributed by atoms with Gasteiger partial charge >= 0.3 is 0 Å². The first-order chi connectivity index (χ1) is 43.2. The largest absolute Gasteiger partial charge is 0.370 e. The van der Waals surface area contributed by atoms with Crippen molar-refractivity contribution in [3.05, 3.63) is 209 Å². The SMILES string of the molecule is CC.CC.CC.CC.CC.CC.CC.CC.CC.CC.CCC1(C)c2ccccc2-c2ccccc21.CCn1c2ccccc2c2cc(CN(C)c3ccc4c(c3)C(C)(CC)c3ccccc3-4)ccc21.CCn1c2ccccc2c2cc(CNC)ccc21. The van der Waals surface area contributed by atoms with Crippen LogP contribution in [0.4, 0.5) is 5.69 Å². The highest BCUT2D eigenvalue weighted by Crippen LogP contribution is 2.52. The number of nitrogens with one attached hydrogen (secondary N) is 1. The van der Waals surface area contributed by atoms with Crippen LogP contribution in [0.2, 0.25) is 0 Å². The topological polar surface area (TPSA) is 25.1 Å². The van der Waals surface area contributed by atoms with Gasteiger partial charge in [0.25, 0.3) is 0 Å². The number of rotatable bonds is 9. The first-order valence-corrected chi connectivity index (χ1v) is 35.0. The Morgan fingerprint density at radius 2 is 0.659 bits per heavy atom. The molecule has 0 fully saturated rings. The van der Waals surface area contributed by atoms with Crippen LogP contribution >= 0.6 is 0 Å². The fraction of sp³-hybridized carbons (Fsp3) is 0.429. The lowest BCUT2D eigenvalue weighted by Crippen LogP contribution is -2.21. The Bertz CT molecular complexity index is 3410. The monoisotopic (exact) mass is 1190 g/mol. The summed E-state index contributed by atoms with van der Waals surface area (Å²) < 4.78 is 4.80. The molecule has 0 amide bonds. The van der Waals surface area contributed by atoms with Gasteiger partial charge in [-0.15, -0.1) is 0 Å². The van der Waals surface area contributed by atoms with Crippen molar-refractivity contribution >= 4 is 49.3 Å². The van der Waals surface area contributed by atoms with E-state index in [4.69, 9.17) is 0 Å². The summed E-state index contributed by atoms with van der Waals surface area (Å²) in [6.45, 7) is 57.6. The summed E-state index contributed by atoms with van der Waals surface area (Å²) in [4.78, 5) is 2.39. The number of para-hydroxylation sites is 2. The van der Waals surface area contributed by atoms with Crippen molar-refractivity contribution < 1.29 is 0 Å². The zero-order chi connectivity index (χ0) is 67.2. The summed E-state index contributed by atoms with van der Waals surface area (Å²) in [6, 6.07) is 64.8. The standard InChI is InChI=1S/C32H32N2.C16H18N2.C16H16.10C2H6/c1-5-32(3)28-13-9-7-11-24(28)25-17-16-23(20-29(25)32)33(4)21-22-15-18-31-27(19-22)26-12-8-10-14-30(26)34(31)6-2;1-3-18-15-7-5-4-6-13(15)14-10-12(11-17-2)8-9-16(14)18;1-3-16(2)14-10-6-4-8-12(14)13-9-5-7-11-15(13)16;10*1-2/h7-20H,5-6,21H2,1-4H3;4-10,17H,3,11H2,1-2H3;4-11H,3H2,1-2H3;10*1-2H3. The minimum absolute atomic E-state index is 0.0731. The molecule has 8 aromatic carbocycles. The molecular weight excluding hydrogens is 1060 g/mol. The van der Waals surface area contributed by atoms with Gasteiger partial charge in [-0.2, -0.15) is 0 Å². The molecule has 88 heavy (non-hydrogen) atoms. The molecule has 1 unspecified atom stereocenters. The van der Waals surface area contributed by atoms with Gasteiger partial charge in [-0.05, 0) is 138 Å². The quantitative estimate of drug-likeness (QED) is 0.156. The highest BCUT2D eigenvalue weighted by molar-refractivity contribution is 6.09. The molecule has 0 bridgehead atoms. The lowest BCUT2D eigenvalue weighted by molar-refractivity contribution is 0.564. The predicted octanol–water partition coefficient (Wildman–Crippen LogP) is 26.3. The van der Waals surface area contributed by atoms with Gasteiger partial charge in [-0.25, -0.2) is 0 Å². The molecule has 1 N–H and O–H groups in total. The van der Waals surface area contributed by atoms with Crippen molar-refractivity contribution in [2.24, 2.45) is 0 Å². The molecule has 10 aromatic rings. The van der Waals surface area contributed by atoms with Gasteiger partial charge in [0.1, 0.15) is 0 Å². The molecule has 0 radical (unpaired) electrons. The maximum Gasteiger partial charge on any atom is 0.0491 e. The zero-order valence-electron chi connectivity index (χ0n) is 61.3. The number of aryl methyl sites for hydroxylation is 2. The second kappa shape index (κ2) is 43.7. The molecule has 0 aliphatic heterocycles. The highest BCUT2D eigenvalue weighted by Gasteiger charge is 2.38. The molecule has 0 saturated carbocycles. The van der Waals surface area contributed by atoms with E-state index in [0.717, 1.165) is 39.0 Å². The molecule has 2 aliphatic rings. The van der Waals surface area contributed by atoms with Crippen LogP contribution in [0.25, 0.3) is 65.9 Å². The van der Waals surface area contributed by atoms with E-state index in [1.807, 2.05) is 146 Å². The summed E-state index contributed by atoms with van der Waals surface area (Å²) in [5.74, 6) is 0. The lowest BCUT2D eigenvalue weighted by atomic mass is 9.78. The van der Waals surface area contributed by atoms with Crippen molar-refractivity contribution in [2.45, 2.75) is 230 Å². The zero-order valence-corrected chi connectivity index (χ0v) is 61.3. The number of aromatic nitrogens is 2. The van der Waals surface area contributed by atoms with Crippen LogP contribution in [-0.4, -0.2) is 23.2 Å². The molecule has 2 aliphatic carbocycles. The highest BCUT2D eigenvalue weighted by atomic mass is 15.1. The minimum Gasteiger partial charge on any atom is -0.370 e. The number of hydrogen-bond donors (Lipinski definition) is 1. The van der Waals surface area contributed by atoms with Crippen molar-refractivity contribution in [3.8, 4) is 22.3 Å². The van der Waals surface area contributed by atoms with Gasteiger partial charge < -0.3 is 19.4 Å².